The minimum Gasteiger partial charge on any atom is -0.381 e. The SMILES string of the molecule is COC1CCC(CN(C)C(=O)N2CC[C@H](CS(=O)(=O)NNC(=O)C3CC(C4CN(C)CN4)CC(Cl)C3F)C2)CC1. The van der Waals surface area contributed by atoms with Crippen molar-refractivity contribution in [1.82, 2.24) is 30.3 Å². The van der Waals surface area contributed by atoms with Crippen LogP contribution in [0.1, 0.15) is 44.9 Å². The number of ether oxygens (including phenoxy) is 1. The van der Waals surface area contributed by atoms with Crippen molar-refractivity contribution < 1.29 is 27.1 Å². The van der Waals surface area contributed by atoms with E-state index in [-0.39, 0.29) is 29.7 Å². The van der Waals surface area contributed by atoms with Gasteiger partial charge in [0.05, 0.1) is 23.2 Å². The van der Waals surface area contributed by atoms with E-state index in [9.17, 15) is 22.4 Å². The molecule has 5 unspecified atom stereocenters. The number of methoxy groups -OCH3 is 1. The summed E-state index contributed by atoms with van der Waals surface area (Å²) in [6, 6.07) is 0.0259. The van der Waals surface area contributed by atoms with Gasteiger partial charge in [-0.25, -0.2) is 17.6 Å². The fourth-order valence-electron chi connectivity index (χ4n) is 6.83. The van der Waals surface area contributed by atoms with Crippen LogP contribution in [0.15, 0.2) is 0 Å². The predicted molar refractivity (Wildman–Crippen MR) is 151 cm³/mol. The Hall–Kier alpha value is -1.25. The summed E-state index contributed by atoms with van der Waals surface area (Å²) in [5, 5.41) is 2.57. The van der Waals surface area contributed by atoms with E-state index in [0.29, 0.717) is 50.9 Å². The quantitative estimate of drug-likeness (QED) is 0.267. The van der Waals surface area contributed by atoms with Gasteiger partial charge in [-0.3, -0.25) is 20.4 Å². The second-order valence-electron chi connectivity index (χ2n) is 12.3. The number of hydrazine groups is 1. The number of carbonyl (C=O) groups is 2. The molecule has 2 saturated heterocycles. The van der Waals surface area contributed by atoms with Crippen LogP contribution in [0.25, 0.3) is 0 Å². The van der Waals surface area contributed by atoms with Crippen molar-refractivity contribution in [2.75, 3.05) is 59.8 Å². The van der Waals surface area contributed by atoms with Gasteiger partial charge in [0.25, 0.3) is 0 Å². The first-order valence-electron chi connectivity index (χ1n) is 14.5. The number of rotatable bonds is 9. The van der Waals surface area contributed by atoms with E-state index in [1.54, 1.807) is 24.0 Å². The van der Waals surface area contributed by atoms with E-state index in [2.05, 4.69) is 20.5 Å². The summed E-state index contributed by atoms with van der Waals surface area (Å²) in [6.07, 6.45) is 4.14. The number of likely N-dealkylation sites (N-methyl/N-ethyl adjacent to an activating group) is 1. The lowest BCUT2D eigenvalue weighted by molar-refractivity contribution is -0.129. The number of alkyl halides is 2. The number of nitrogens with one attached hydrogen (secondary N) is 3. The standard InChI is InChI=1S/C26H46ClFN6O5S/c1-32-14-23(29-16-32)19-10-21(24(28)22(27)11-19)25(35)30-31-40(37,38)15-18-8-9-34(13-18)26(36)33(2)12-17-4-6-20(39-3)7-5-17/h17-24,29,31H,4-16H2,1-3H3,(H,30,35)/t17?,18-,19?,20?,21?,22?,23?,24?/m0/s1. The molecule has 4 fully saturated rings. The Morgan fingerprint density at radius 2 is 1.85 bits per heavy atom. The maximum Gasteiger partial charge on any atom is 0.319 e. The number of urea groups is 1. The number of carbonyl (C=O) groups excluding carboxylic acids is 2. The number of likely N-dealkylation sites (tertiary alicyclic amines) is 1. The summed E-state index contributed by atoms with van der Waals surface area (Å²) >= 11 is 6.27. The van der Waals surface area contributed by atoms with Gasteiger partial charge >= 0.3 is 6.03 Å². The Morgan fingerprint density at radius 1 is 1.12 bits per heavy atom. The van der Waals surface area contributed by atoms with Crippen LogP contribution >= 0.6 is 11.6 Å². The van der Waals surface area contributed by atoms with Gasteiger partial charge in [-0.15, -0.1) is 16.4 Å². The van der Waals surface area contributed by atoms with Crippen molar-refractivity contribution >= 4 is 33.6 Å². The van der Waals surface area contributed by atoms with Crippen molar-refractivity contribution in [2.45, 2.75) is 68.6 Å². The highest BCUT2D eigenvalue weighted by atomic mass is 35.5. The molecule has 0 spiro atoms. The molecule has 0 radical (unpaired) electrons. The van der Waals surface area contributed by atoms with Crippen LogP contribution < -0.4 is 15.6 Å². The Bertz CT molecular complexity index is 987. The maximum atomic E-state index is 14.9. The third kappa shape index (κ3) is 8.19. The van der Waals surface area contributed by atoms with Gasteiger partial charge in [0.1, 0.15) is 6.17 Å². The van der Waals surface area contributed by atoms with Crippen LogP contribution in [-0.4, -0.2) is 119 Å². The van der Waals surface area contributed by atoms with Crippen LogP contribution in [0.2, 0.25) is 0 Å². The Morgan fingerprint density at radius 3 is 2.50 bits per heavy atom. The molecular formula is C26H46ClFN6O5S. The molecule has 2 saturated carbocycles. The van der Waals surface area contributed by atoms with Crippen molar-refractivity contribution in [3.63, 3.8) is 0 Å². The largest absolute Gasteiger partial charge is 0.381 e. The van der Waals surface area contributed by atoms with Gasteiger partial charge in [0.2, 0.25) is 15.9 Å². The average molecular weight is 609 g/mol. The fourth-order valence-corrected chi connectivity index (χ4v) is 8.47. The molecule has 3 N–H and O–H groups in total. The lowest BCUT2D eigenvalue weighted by Gasteiger charge is -2.37. The first kappa shape index (κ1) is 31.7. The Balaban J connectivity index is 1.21. The highest BCUT2D eigenvalue weighted by molar-refractivity contribution is 7.89. The predicted octanol–water partition coefficient (Wildman–Crippen LogP) is 1.35. The van der Waals surface area contributed by atoms with Crippen molar-refractivity contribution in [1.29, 1.82) is 0 Å². The van der Waals surface area contributed by atoms with E-state index in [1.807, 2.05) is 7.05 Å². The number of hydrogen-bond donors (Lipinski definition) is 3. The maximum absolute atomic E-state index is 14.9. The molecule has 0 bridgehead atoms. The Kier molecular flexibility index (Phi) is 10.9. The summed E-state index contributed by atoms with van der Waals surface area (Å²) in [6.45, 7) is 3.01. The molecular weight excluding hydrogens is 563 g/mol. The van der Waals surface area contributed by atoms with Crippen molar-refractivity contribution in [3.05, 3.63) is 0 Å². The number of amides is 3. The van der Waals surface area contributed by atoms with Gasteiger partial charge < -0.3 is 14.5 Å². The highest BCUT2D eigenvalue weighted by Gasteiger charge is 2.44. The molecule has 0 aromatic rings. The lowest BCUT2D eigenvalue weighted by atomic mass is 9.76. The highest BCUT2D eigenvalue weighted by Crippen LogP contribution is 2.37. The van der Waals surface area contributed by atoms with E-state index in [1.165, 1.54) is 0 Å². The lowest BCUT2D eigenvalue weighted by Crippen LogP contribution is -2.52. The van der Waals surface area contributed by atoms with E-state index in [4.69, 9.17) is 16.3 Å². The smallest absolute Gasteiger partial charge is 0.319 e. The van der Waals surface area contributed by atoms with Gasteiger partial charge in [-0.05, 0) is 69.7 Å². The second kappa shape index (κ2) is 13.8. The molecule has 0 aromatic carbocycles. The summed E-state index contributed by atoms with van der Waals surface area (Å²) in [4.78, 5) is 33.5. The molecule has 2 aliphatic heterocycles. The van der Waals surface area contributed by atoms with Crippen LogP contribution in [0.5, 0.6) is 0 Å². The molecule has 2 heterocycles. The summed E-state index contributed by atoms with van der Waals surface area (Å²) in [5.74, 6) is -1.76. The van der Waals surface area contributed by atoms with Gasteiger partial charge in [0.15, 0.2) is 0 Å². The zero-order chi connectivity index (χ0) is 29.0. The first-order valence-corrected chi connectivity index (χ1v) is 16.6. The number of hydrogen-bond acceptors (Lipinski definition) is 7. The average Bonchev–Trinajstić information content (AvgIpc) is 3.57. The molecule has 3 amide bonds. The van der Waals surface area contributed by atoms with Gasteiger partial charge in [-0.2, -0.15) is 0 Å². The van der Waals surface area contributed by atoms with E-state index >= 15 is 0 Å². The Labute approximate surface area is 242 Å². The topological polar surface area (TPSA) is 123 Å². The number of halogens is 2. The van der Waals surface area contributed by atoms with Gasteiger partial charge in [-0.1, -0.05) is 0 Å². The summed E-state index contributed by atoms with van der Waals surface area (Å²) in [5.41, 5.74) is 2.24. The molecule has 40 heavy (non-hydrogen) atoms. The normalized spacial score (nSPS) is 35.6. The molecule has 11 nitrogen and oxygen atoms in total. The zero-order valence-electron chi connectivity index (χ0n) is 23.9. The van der Waals surface area contributed by atoms with Gasteiger partial charge in [0, 0.05) is 53.0 Å². The second-order valence-corrected chi connectivity index (χ2v) is 14.6. The number of nitrogens with zero attached hydrogens (tertiary/aromatic N) is 3. The van der Waals surface area contributed by atoms with Crippen LogP contribution in [-0.2, 0) is 19.6 Å². The molecule has 4 aliphatic rings. The molecule has 6 atom stereocenters. The third-order valence-corrected chi connectivity index (χ3v) is 10.9. The third-order valence-electron chi connectivity index (χ3n) is 9.18. The summed E-state index contributed by atoms with van der Waals surface area (Å²) < 4.78 is 45.9. The summed E-state index contributed by atoms with van der Waals surface area (Å²) in [7, 11) is 1.63. The molecule has 4 rings (SSSR count). The van der Waals surface area contributed by atoms with E-state index < -0.39 is 33.4 Å². The molecule has 2 aliphatic carbocycles. The van der Waals surface area contributed by atoms with E-state index in [0.717, 1.165) is 38.9 Å². The monoisotopic (exact) mass is 608 g/mol. The van der Waals surface area contributed by atoms with Crippen LogP contribution in [0, 0.1) is 23.7 Å². The van der Waals surface area contributed by atoms with Crippen LogP contribution in [0.3, 0.4) is 0 Å². The fraction of sp³-hybridized carbons (Fsp3) is 0.923. The molecule has 0 aromatic heterocycles. The minimum absolute atomic E-state index is 0.0207. The molecule has 230 valence electrons. The molecule has 14 heteroatoms. The van der Waals surface area contributed by atoms with Crippen molar-refractivity contribution in [2.24, 2.45) is 23.7 Å². The van der Waals surface area contributed by atoms with Crippen molar-refractivity contribution in [3.8, 4) is 0 Å². The zero-order valence-corrected chi connectivity index (χ0v) is 25.4. The van der Waals surface area contributed by atoms with Crippen LogP contribution in [0.4, 0.5) is 9.18 Å². The minimum atomic E-state index is -3.89. The number of sulfonamides is 1. The first-order chi connectivity index (χ1) is 19.0.